The molecule has 0 atom stereocenters. The van der Waals surface area contributed by atoms with Gasteiger partial charge in [-0.15, -0.1) is 0 Å². The number of carbonyl (C=O) groups is 1. The smallest absolute Gasteiger partial charge is 0.258 e. The van der Waals surface area contributed by atoms with Gasteiger partial charge in [0.05, 0.1) is 0 Å². The van der Waals surface area contributed by atoms with Crippen LogP contribution in [0.25, 0.3) is 0 Å². The fourth-order valence-electron chi connectivity index (χ4n) is 0.546. The number of hydrogen-bond donors (Lipinski definition) is 1. The van der Waals surface area contributed by atoms with Crippen LogP contribution < -0.4 is 5.32 Å². The second-order valence-corrected chi connectivity index (χ2v) is 1.79. The minimum atomic E-state index is -0.306. The second-order valence-electron chi connectivity index (χ2n) is 1.79. The van der Waals surface area contributed by atoms with Gasteiger partial charge in [0.25, 0.3) is 5.91 Å². The molecule has 0 aliphatic heterocycles. The predicted molar refractivity (Wildman–Crippen MR) is 38.2 cm³/mol. The molecule has 0 aromatic heterocycles. The Morgan fingerprint density at radius 3 is 2.40 bits per heavy atom. The standard InChI is InChI=1S/C7H11NO2/c1-3-6(5-9)7(10)8-4-2/h3-4H2,1-2H3,(H,8,10). The summed E-state index contributed by atoms with van der Waals surface area (Å²) >= 11 is 0. The first-order chi connectivity index (χ1) is 4.76. The Balaban J connectivity index is 4.04. The van der Waals surface area contributed by atoms with Gasteiger partial charge in [0, 0.05) is 6.54 Å². The molecule has 0 saturated heterocycles. The van der Waals surface area contributed by atoms with Crippen molar-refractivity contribution in [3.05, 3.63) is 5.57 Å². The zero-order valence-electron chi connectivity index (χ0n) is 6.23. The first kappa shape index (κ1) is 8.92. The second kappa shape index (κ2) is 4.77. The lowest BCUT2D eigenvalue weighted by atomic mass is 10.2. The third-order valence-corrected chi connectivity index (χ3v) is 1.09. The molecule has 0 saturated carbocycles. The van der Waals surface area contributed by atoms with Gasteiger partial charge in [-0.3, -0.25) is 4.79 Å². The normalized spacial score (nSPS) is 8.20. The number of rotatable bonds is 3. The summed E-state index contributed by atoms with van der Waals surface area (Å²) in [5.41, 5.74) is 0.182. The lowest BCUT2D eigenvalue weighted by Gasteiger charge is -1.98. The maximum Gasteiger partial charge on any atom is 0.258 e. The van der Waals surface area contributed by atoms with Gasteiger partial charge < -0.3 is 5.32 Å². The summed E-state index contributed by atoms with van der Waals surface area (Å²) in [7, 11) is 0. The number of likely N-dealkylation sites (N-methyl/N-ethyl adjacent to an activating group) is 1. The molecule has 56 valence electrons. The molecule has 0 aromatic rings. The number of amides is 1. The van der Waals surface area contributed by atoms with Crippen molar-refractivity contribution in [3.63, 3.8) is 0 Å². The monoisotopic (exact) mass is 141 g/mol. The van der Waals surface area contributed by atoms with Crippen LogP contribution in [0.4, 0.5) is 0 Å². The molecular formula is C7H11NO2. The minimum absolute atomic E-state index is 0.182. The molecule has 3 nitrogen and oxygen atoms in total. The Labute approximate surface area is 60.1 Å². The molecule has 3 heteroatoms. The molecule has 1 N–H and O–H groups in total. The van der Waals surface area contributed by atoms with Crippen LogP contribution >= 0.6 is 0 Å². The van der Waals surface area contributed by atoms with E-state index in [2.05, 4.69) is 5.32 Å². The Hall–Kier alpha value is -1.08. The summed E-state index contributed by atoms with van der Waals surface area (Å²) < 4.78 is 0. The van der Waals surface area contributed by atoms with E-state index in [9.17, 15) is 9.59 Å². The van der Waals surface area contributed by atoms with Gasteiger partial charge in [0.2, 0.25) is 0 Å². The van der Waals surface area contributed by atoms with Gasteiger partial charge in [0.15, 0.2) is 0 Å². The van der Waals surface area contributed by atoms with Crippen LogP contribution in [0.1, 0.15) is 20.3 Å². The Morgan fingerprint density at radius 1 is 1.50 bits per heavy atom. The van der Waals surface area contributed by atoms with Gasteiger partial charge in [-0.2, -0.15) is 0 Å². The van der Waals surface area contributed by atoms with Crippen molar-refractivity contribution in [2.24, 2.45) is 0 Å². The molecule has 0 radical (unpaired) electrons. The summed E-state index contributed by atoms with van der Waals surface area (Å²) in [6.45, 7) is 4.09. The van der Waals surface area contributed by atoms with E-state index in [1.165, 1.54) is 0 Å². The molecular weight excluding hydrogens is 130 g/mol. The maximum atomic E-state index is 10.8. The van der Waals surface area contributed by atoms with E-state index < -0.39 is 0 Å². The largest absolute Gasteiger partial charge is 0.352 e. The van der Waals surface area contributed by atoms with E-state index in [1.807, 2.05) is 0 Å². The highest BCUT2D eigenvalue weighted by Crippen LogP contribution is 1.93. The van der Waals surface area contributed by atoms with Crippen LogP contribution in [-0.2, 0) is 9.59 Å². The molecule has 0 bridgehead atoms. The van der Waals surface area contributed by atoms with Crippen LogP contribution in [0.5, 0.6) is 0 Å². The van der Waals surface area contributed by atoms with E-state index in [0.29, 0.717) is 13.0 Å². The van der Waals surface area contributed by atoms with Crippen molar-refractivity contribution >= 4 is 11.8 Å². The molecule has 0 spiro atoms. The van der Waals surface area contributed by atoms with Crippen molar-refractivity contribution < 1.29 is 9.59 Å². The van der Waals surface area contributed by atoms with Crippen LogP contribution in [0.3, 0.4) is 0 Å². The first-order valence-corrected chi connectivity index (χ1v) is 3.28. The number of hydrogen-bond acceptors (Lipinski definition) is 2. The highest BCUT2D eigenvalue weighted by Gasteiger charge is 2.04. The summed E-state index contributed by atoms with van der Waals surface area (Å²) in [6.07, 6.45) is 0.440. The van der Waals surface area contributed by atoms with Gasteiger partial charge in [-0.25, -0.2) is 4.79 Å². The van der Waals surface area contributed by atoms with Crippen molar-refractivity contribution in [1.29, 1.82) is 0 Å². The molecule has 0 rings (SSSR count). The number of carbonyl (C=O) groups excluding carboxylic acids is 2. The van der Waals surface area contributed by atoms with Crippen LogP contribution in [0.15, 0.2) is 5.57 Å². The highest BCUT2D eigenvalue weighted by atomic mass is 16.2. The van der Waals surface area contributed by atoms with Gasteiger partial charge in [-0.1, -0.05) is 6.92 Å². The Morgan fingerprint density at radius 2 is 2.10 bits per heavy atom. The topological polar surface area (TPSA) is 46.2 Å². The quantitative estimate of drug-likeness (QED) is 0.453. The zero-order chi connectivity index (χ0) is 7.98. The van der Waals surface area contributed by atoms with Crippen molar-refractivity contribution in [3.8, 4) is 0 Å². The minimum Gasteiger partial charge on any atom is -0.352 e. The summed E-state index contributed by atoms with van der Waals surface area (Å²) in [6, 6.07) is 0. The average Bonchev–Trinajstić information content (AvgIpc) is 1.91. The van der Waals surface area contributed by atoms with Crippen LogP contribution in [-0.4, -0.2) is 18.4 Å². The molecule has 1 amide bonds. The SMILES string of the molecule is CCNC(=O)C(=C=O)CC. The Bertz CT molecular complexity index is 168. The number of nitrogens with one attached hydrogen (secondary N) is 1. The molecule has 0 fully saturated rings. The summed E-state index contributed by atoms with van der Waals surface area (Å²) in [5, 5.41) is 2.51. The zero-order valence-corrected chi connectivity index (χ0v) is 6.23. The van der Waals surface area contributed by atoms with Crippen LogP contribution in [0, 0.1) is 0 Å². The molecule has 10 heavy (non-hydrogen) atoms. The van der Waals surface area contributed by atoms with Crippen molar-refractivity contribution in [1.82, 2.24) is 5.32 Å². The highest BCUT2D eigenvalue weighted by molar-refractivity contribution is 6.00. The fraction of sp³-hybridized carbons (Fsp3) is 0.571. The van der Waals surface area contributed by atoms with Crippen molar-refractivity contribution in [2.75, 3.05) is 6.54 Å². The Kier molecular flexibility index (Phi) is 4.25. The van der Waals surface area contributed by atoms with Crippen molar-refractivity contribution in [2.45, 2.75) is 20.3 Å². The van der Waals surface area contributed by atoms with Gasteiger partial charge >= 0.3 is 0 Å². The molecule has 0 aliphatic rings. The predicted octanol–water partition coefficient (Wildman–Crippen LogP) is 0.290. The van der Waals surface area contributed by atoms with E-state index in [1.54, 1.807) is 19.8 Å². The lowest BCUT2D eigenvalue weighted by Crippen LogP contribution is -2.24. The molecule has 0 unspecified atom stereocenters. The fourth-order valence-corrected chi connectivity index (χ4v) is 0.546. The van der Waals surface area contributed by atoms with E-state index >= 15 is 0 Å². The van der Waals surface area contributed by atoms with E-state index in [4.69, 9.17) is 0 Å². The third-order valence-electron chi connectivity index (χ3n) is 1.09. The average molecular weight is 141 g/mol. The van der Waals surface area contributed by atoms with Crippen LogP contribution in [0.2, 0.25) is 0 Å². The maximum absolute atomic E-state index is 10.8. The van der Waals surface area contributed by atoms with E-state index in [-0.39, 0.29) is 11.5 Å². The lowest BCUT2D eigenvalue weighted by molar-refractivity contribution is -0.117. The van der Waals surface area contributed by atoms with E-state index in [0.717, 1.165) is 0 Å². The third kappa shape index (κ3) is 2.46. The first-order valence-electron chi connectivity index (χ1n) is 3.28. The van der Waals surface area contributed by atoms with Gasteiger partial charge in [0.1, 0.15) is 11.5 Å². The van der Waals surface area contributed by atoms with Gasteiger partial charge in [-0.05, 0) is 13.3 Å². The molecule has 0 heterocycles. The molecule has 0 aliphatic carbocycles. The summed E-state index contributed by atoms with van der Waals surface area (Å²) in [4.78, 5) is 20.8. The molecule has 0 aromatic carbocycles. The summed E-state index contributed by atoms with van der Waals surface area (Å²) in [5.74, 6) is 1.29.